The van der Waals surface area contributed by atoms with E-state index in [9.17, 15) is 0 Å². The van der Waals surface area contributed by atoms with Gasteiger partial charge in [0.2, 0.25) is 0 Å². The highest BCUT2D eigenvalue weighted by molar-refractivity contribution is 9.10. The number of nitrogens with zero attached hydrogens (tertiary/aromatic N) is 1. The predicted molar refractivity (Wildman–Crippen MR) is 60.2 cm³/mol. The zero-order valence-electron chi connectivity index (χ0n) is 7.83. The minimum absolute atomic E-state index is 0.0897. The number of hydrogen-bond donors (Lipinski definition) is 2. The third kappa shape index (κ3) is 2.92. The third-order valence-electron chi connectivity index (χ3n) is 1.66. The largest absolute Gasteiger partial charge is 0.496 e. The highest BCUT2D eigenvalue weighted by atomic mass is 79.9. The van der Waals surface area contributed by atoms with E-state index >= 15 is 0 Å². The molecule has 4 N–H and O–H groups in total. The summed E-state index contributed by atoms with van der Waals surface area (Å²) >= 11 is 3.36. The van der Waals surface area contributed by atoms with Crippen LogP contribution >= 0.6 is 15.9 Å². The van der Waals surface area contributed by atoms with Crippen molar-refractivity contribution in [2.24, 2.45) is 16.5 Å². The molecular weight excluding hydrogens is 246 g/mol. The lowest BCUT2D eigenvalue weighted by atomic mass is 10.2. The van der Waals surface area contributed by atoms with Crippen LogP contribution in [0.5, 0.6) is 5.75 Å². The average molecular weight is 258 g/mol. The van der Waals surface area contributed by atoms with Gasteiger partial charge in [0.05, 0.1) is 18.1 Å². The van der Waals surface area contributed by atoms with Crippen molar-refractivity contribution >= 4 is 21.9 Å². The molecule has 0 aliphatic rings. The van der Waals surface area contributed by atoms with E-state index in [1.54, 1.807) is 7.11 Å². The molecule has 0 bridgehead atoms. The number of guanidine groups is 1. The van der Waals surface area contributed by atoms with Gasteiger partial charge in [-0.2, -0.15) is 0 Å². The monoisotopic (exact) mass is 257 g/mol. The van der Waals surface area contributed by atoms with Crippen LogP contribution in [0.1, 0.15) is 5.56 Å². The maximum atomic E-state index is 5.23. The van der Waals surface area contributed by atoms with Crippen molar-refractivity contribution in [1.82, 2.24) is 0 Å². The first-order valence-corrected chi connectivity index (χ1v) is 4.80. The summed E-state index contributed by atoms with van der Waals surface area (Å²) in [5.41, 5.74) is 11.5. The Labute approximate surface area is 91.1 Å². The van der Waals surface area contributed by atoms with Gasteiger partial charge < -0.3 is 16.2 Å². The van der Waals surface area contributed by atoms with Crippen LogP contribution in [0, 0.1) is 0 Å². The van der Waals surface area contributed by atoms with Gasteiger partial charge in [0, 0.05) is 0 Å². The lowest BCUT2D eigenvalue weighted by Gasteiger charge is -2.04. The molecule has 1 rings (SSSR count). The molecule has 1 aromatic carbocycles. The average Bonchev–Trinajstić information content (AvgIpc) is 2.16. The molecule has 0 saturated carbocycles. The van der Waals surface area contributed by atoms with Crippen LogP contribution in [0.2, 0.25) is 0 Å². The molecule has 0 saturated heterocycles. The molecule has 5 heteroatoms. The zero-order valence-corrected chi connectivity index (χ0v) is 9.41. The van der Waals surface area contributed by atoms with Crippen LogP contribution in [0.4, 0.5) is 0 Å². The maximum Gasteiger partial charge on any atom is 0.186 e. The van der Waals surface area contributed by atoms with Gasteiger partial charge in [0.15, 0.2) is 5.96 Å². The lowest BCUT2D eigenvalue weighted by molar-refractivity contribution is 0.411. The molecule has 0 unspecified atom stereocenters. The summed E-state index contributed by atoms with van der Waals surface area (Å²) in [4.78, 5) is 3.90. The Morgan fingerprint density at radius 2 is 2.21 bits per heavy atom. The van der Waals surface area contributed by atoms with Crippen molar-refractivity contribution in [2.45, 2.75) is 6.54 Å². The smallest absolute Gasteiger partial charge is 0.186 e. The molecule has 0 aliphatic heterocycles. The fourth-order valence-electron chi connectivity index (χ4n) is 0.985. The van der Waals surface area contributed by atoms with Crippen LogP contribution in [0.15, 0.2) is 27.7 Å². The van der Waals surface area contributed by atoms with E-state index < -0.39 is 0 Å². The quantitative estimate of drug-likeness (QED) is 0.632. The normalized spacial score (nSPS) is 9.57. The Bertz CT molecular complexity index is 348. The molecule has 14 heavy (non-hydrogen) atoms. The number of nitrogens with two attached hydrogens (primary N) is 2. The number of methoxy groups -OCH3 is 1. The first kappa shape index (κ1) is 10.8. The van der Waals surface area contributed by atoms with Gasteiger partial charge in [0.25, 0.3) is 0 Å². The second kappa shape index (κ2) is 4.85. The Hall–Kier alpha value is -1.23. The van der Waals surface area contributed by atoms with Crippen LogP contribution in [-0.4, -0.2) is 13.1 Å². The fourth-order valence-corrected chi connectivity index (χ4v) is 1.39. The molecular formula is C9H12BrN3O. The summed E-state index contributed by atoms with van der Waals surface area (Å²) in [6.07, 6.45) is 0. The molecule has 0 radical (unpaired) electrons. The molecule has 0 aromatic heterocycles. The summed E-state index contributed by atoms with van der Waals surface area (Å²) in [6, 6.07) is 5.71. The Morgan fingerprint density at radius 1 is 1.50 bits per heavy atom. The predicted octanol–water partition coefficient (Wildman–Crippen LogP) is 1.23. The van der Waals surface area contributed by atoms with Gasteiger partial charge in [-0.15, -0.1) is 0 Å². The number of hydrogen-bond acceptors (Lipinski definition) is 2. The van der Waals surface area contributed by atoms with E-state index in [0.29, 0.717) is 6.54 Å². The van der Waals surface area contributed by atoms with Crippen molar-refractivity contribution in [2.75, 3.05) is 7.11 Å². The summed E-state index contributed by atoms with van der Waals surface area (Å²) in [6.45, 7) is 0.464. The first-order chi connectivity index (χ1) is 6.63. The molecule has 1 aromatic rings. The lowest BCUT2D eigenvalue weighted by Crippen LogP contribution is -2.22. The van der Waals surface area contributed by atoms with Crippen molar-refractivity contribution < 1.29 is 4.74 Å². The van der Waals surface area contributed by atoms with E-state index in [2.05, 4.69) is 20.9 Å². The highest BCUT2D eigenvalue weighted by Gasteiger charge is 2.00. The van der Waals surface area contributed by atoms with Crippen LogP contribution in [0.3, 0.4) is 0 Å². The number of aliphatic imine (C=N–C) groups is 1. The van der Waals surface area contributed by atoms with E-state index in [1.165, 1.54) is 0 Å². The fraction of sp³-hybridized carbons (Fsp3) is 0.222. The summed E-state index contributed by atoms with van der Waals surface area (Å²) in [7, 11) is 1.62. The standard InChI is InChI=1S/C9H12BrN3O/c1-14-8-4-6(2-3-7(8)10)5-13-9(11)12/h2-4H,5H2,1H3,(H4,11,12,13). The van der Waals surface area contributed by atoms with Gasteiger partial charge in [-0.3, -0.25) is 0 Å². The van der Waals surface area contributed by atoms with Gasteiger partial charge >= 0.3 is 0 Å². The molecule has 0 spiro atoms. The minimum Gasteiger partial charge on any atom is -0.496 e. The molecule has 76 valence electrons. The van der Waals surface area contributed by atoms with Crippen LogP contribution < -0.4 is 16.2 Å². The molecule has 4 nitrogen and oxygen atoms in total. The highest BCUT2D eigenvalue weighted by Crippen LogP contribution is 2.25. The number of rotatable bonds is 3. The Balaban J connectivity index is 2.84. The topological polar surface area (TPSA) is 73.6 Å². The van der Waals surface area contributed by atoms with Crippen molar-refractivity contribution in [3.8, 4) is 5.75 Å². The van der Waals surface area contributed by atoms with Crippen LogP contribution in [-0.2, 0) is 6.54 Å². The van der Waals surface area contributed by atoms with Crippen LogP contribution in [0.25, 0.3) is 0 Å². The van der Waals surface area contributed by atoms with E-state index in [4.69, 9.17) is 16.2 Å². The molecule has 0 aliphatic carbocycles. The van der Waals surface area contributed by atoms with Crippen molar-refractivity contribution in [1.29, 1.82) is 0 Å². The zero-order chi connectivity index (χ0) is 10.6. The van der Waals surface area contributed by atoms with Gasteiger partial charge in [0.1, 0.15) is 5.75 Å². The van der Waals surface area contributed by atoms with Crippen molar-refractivity contribution in [3.05, 3.63) is 28.2 Å². The SMILES string of the molecule is COc1cc(CN=C(N)N)ccc1Br. The summed E-state index contributed by atoms with van der Waals surface area (Å²) in [5, 5.41) is 0. The molecule has 0 atom stereocenters. The van der Waals surface area contributed by atoms with Gasteiger partial charge in [-0.25, -0.2) is 4.99 Å². The molecule has 0 amide bonds. The summed E-state index contributed by atoms with van der Waals surface area (Å²) in [5.74, 6) is 0.861. The maximum absolute atomic E-state index is 5.23. The summed E-state index contributed by atoms with van der Waals surface area (Å²) < 4.78 is 6.05. The van der Waals surface area contributed by atoms with Crippen molar-refractivity contribution in [3.63, 3.8) is 0 Å². The number of benzene rings is 1. The minimum atomic E-state index is 0.0897. The van der Waals surface area contributed by atoms with Gasteiger partial charge in [-0.05, 0) is 33.6 Å². The van der Waals surface area contributed by atoms with E-state index in [0.717, 1.165) is 15.8 Å². The number of halogens is 1. The second-order valence-corrected chi connectivity index (χ2v) is 3.56. The molecule has 0 heterocycles. The molecule has 0 fully saturated rings. The second-order valence-electron chi connectivity index (χ2n) is 2.71. The van der Waals surface area contributed by atoms with Gasteiger partial charge in [-0.1, -0.05) is 6.07 Å². The Kier molecular flexibility index (Phi) is 3.76. The first-order valence-electron chi connectivity index (χ1n) is 4.01. The third-order valence-corrected chi connectivity index (χ3v) is 2.31. The number of ether oxygens (including phenoxy) is 1. The van der Waals surface area contributed by atoms with E-state index in [-0.39, 0.29) is 5.96 Å². The Morgan fingerprint density at radius 3 is 2.79 bits per heavy atom. The van der Waals surface area contributed by atoms with E-state index in [1.807, 2.05) is 18.2 Å².